The van der Waals surface area contributed by atoms with E-state index in [4.69, 9.17) is 0 Å². The van der Waals surface area contributed by atoms with Gasteiger partial charge in [0.05, 0.1) is 4.92 Å². The molecule has 4 heteroatoms. The fraction of sp³-hybridized carbons (Fsp3) is 0.538. The van der Waals surface area contributed by atoms with E-state index in [1.807, 2.05) is 33.8 Å². The normalized spacial score (nSPS) is 10.2. The lowest BCUT2D eigenvalue weighted by molar-refractivity contribution is -0.384. The number of rotatable bonds is 4. The third kappa shape index (κ3) is 3.44. The quantitative estimate of drug-likeness (QED) is 0.591. The smallest absolute Gasteiger partial charge is 0.292 e. The molecule has 0 atom stereocenters. The zero-order valence-corrected chi connectivity index (χ0v) is 10.2. The second-order valence-corrected chi connectivity index (χ2v) is 4.34. The molecular weight excluding hydrogens is 216 g/mol. The second kappa shape index (κ2) is 6.23. The van der Waals surface area contributed by atoms with Crippen LogP contribution in [0.2, 0.25) is 0 Å². The van der Waals surface area contributed by atoms with E-state index in [0.717, 1.165) is 0 Å². The summed E-state index contributed by atoms with van der Waals surface area (Å²) in [7, 11) is 0. The van der Waals surface area contributed by atoms with Crippen molar-refractivity contribution in [3.8, 4) is 0 Å². The highest BCUT2D eigenvalue weighted by Crippen LogP contribution is 2.30. The fourth-order valence-corrected chi connectivity index (χ4v) is 1.99. The van der Waals surface area contributed by atoms with Crippen LogP contribution in [0.25, 0.3) is 0 Å². The molecule has 0 saturated heterocycles. The van der Waals surface area contributed by atoms with Gasteiger partial charge in [-0.05, 0) is 33.8 Å². The second-order valence-electron chi connectivity index (χ2n) is 4.34. The van der Waals surface area contributed by atoms with Gasteiger partial charge in [0.1, 0.15) is 5.69 Å². The van der Waals surface area contributed by atoms with Crippen molar-refractivity contribution in [3.63, 3.8) is 0 Å². The Morgan fingerprint density at radius 1 is 1.12 bits per heavy atom. The maximum absolute atomic E-state index is 11.0. The van der Waals surface area contributed by atoms with Crippen LogP contribution >= 0.6 is 0 Å². The summed E-state index contributed by atoms with van der Waals surface area (Å²) in [6.45, 7) is 8.15. The van der Waals surface area contributed by atoms with E-state index < -0.39 is 0 Å². The minimum Gasteiger partial charge on any atom is -0.361 e. The summed E-state index contributed by atoms with van der Waals surface area (Å²) in [6, 6.07) is 7.36. The first-order valence-corrected chi connectivity index (χ1v) is 5.47. The van der Waals surface area contributed by atoms with Crippen LogP contribution in [0.4, 0.5) is 11.4 Å². The Bertz CT molecular complexity index is 367. The van der Waals surface area contributed by atoms with Crippen molar-refractivity contribution in [1.82, 2.24) is 0 Å². The van der Waals surface area contributed by atoms with E-state index in [0.29, 0.717) is 5.69 Å². The lowest BCUT2D eigenvalue weighted by Crippen LogP contribution is -2.37. The molecule has 0 unspecified atom stereocenters. The highest BCUT2D eigenvalue weighted by atomic mass is 16.6. The predicted molar refractivity (Wildman–Crippen MR) is 72.6 cm³/mol. The lowest BCUT2D eigenvalue weighted by atomic mass is 10.1. The molecule has 0 amide bonds. The number of anilines is 1. The molecular formula is C13H22N2O2. The van der Waals surface area contributed by atoms with Gasteiger partial charge in [-0.1, -0.05) is 19.6 Å². The van der Waals surface area contributed by atoms with Gasteiger partial charge in [-0.25, -0.2) is 0 Å². The number of benzene rings is 1. The Kier molecular flexibility index (Phi) is 5.65. The molecule has 0 bridgehead atoms. The molecule has 17 heavy (non-hydrogen) atoms. The maximum atomic E-state index is 11.0. The van der Waals surface area contributed by atoms with Gasteiger partial charge >= 0.3 is 0 Å². The van der Waals surface area contributed by atoms with Gasteiger partial charge in [-0.2, -0.15) is 0 Å². The topological polar surface area (TPSA) is 46.4 Å². The first kappa shape index (κ1) is 15.4. The van der Waals surface area contributed by atoms with Gasteiger partial charge in [0.15, 0.2) is 0 Å². The van der Waals surface area contributed by atoms with Crippen molar-refractivity contribution >= 4 is 11.4 Å². The molecule has 0 aliphatic carbocycles. The number of nitro groups is 1. The summed E-state index contributed by atoms with van der Waals surface area (Å²) in [5.74, 6) is 0. The molecule has 0 aromatic heterocycles. The first-order chi connectivity index (χ1) is 7.45. The summed E-state index contributed by atoms with van der Waals surface area (Å²) in [5, 5.41) is 11.0. The van der Waals surface area contributed by atoms with Crippen LogP contribution in [0.1, 0.15) is 35.1 Å². The van der Waals surface area contributed by atoms with Gasteiger partial charge in [0.2, 0.25) is 0 Å². The van der Waals surface area contributed by atoms with Gasteiger partial charge < -0.3 is 4.90 Å². The zero-order valence-electron chi connectivity index (χ0n) is 10.2. The van der Waals surface area contributed by atoms with Crippen molar-refractivity contribution < 1.29 is 4.92 Å². The number of hydrogen-bond donors (Lipinski definition) is 0. The maximum Gasteiger partial charge on any atom is 0.292 e. The van der Waals surface area contributed by atoms with Crippen LogP contribution in [0, 0.1) is 10.1 Å². The van der Waals surface area contributed by atoms with Gasteiger partial charge in [0, 0.05) is 18.2 Å². The van der Waals surface area contributed by atoms with Crippen molar-refractivity contribution in [2.45, 2.75) is 47.2 Å². The molecule has 0 heterocycles. The summed E-state index contributed by atoms with van der Waals surface area (Å²) in [5.41, 5.74) is 0.863. The Labute approximate surface area is 103 Å². The van der Waals surface area contributed by atoms with E-state index >= 15 is 0 Å². The number of para-hydroxylation sites is 2. The van der Waals surface area contributed by atoms with Gasteiger partial charge in [0.25, 0.3) is 5.69 Å². The summed E-state index contributed by atoms with van der Waals surface area (Å²) >= 11 is 0. The molecule has 96 valence electrons. The molecule has 1 rings (SSSR count). The molecule has 1 aromatic rings. The van der Waals surface area contributed by atoms with Crippen molar-refractivity contribution in [2.24, 2.45) is 0 Å². The van der Waals surface area contributed by atoms with Crippen LogP contribution in [0.15, 0.2) is 24.3 Å². The van der Waals surface area contributed by atoms with Crippen molar-refractivity contribution in [2.75, 3.05) is 4.90 Å². The molecule has 0 radical (unpaired) electrons. The highest BCUT2D eigenvalue weighted by Gasteiger charge is 2.22. The third-order valence-corrected chi connectivity index (χ3v) is 2.47. The molecule has 0 aliphatic rings. The standard InChI is InChI=1S/C12H18N2O2.CH4/c1-9(2)13(10(3)4)11-7-5-6-8-12(11)14(15)16;/h5-10H,1-4H3;1H4. The van der Waals surface area contributed by atoms with Gasteiger partial charge in [-0.3, -0.25) is 10.1 Å². The van der Waals surface area contributed by atoms with E-state index in [2.05, 4.69) is 4.90 Å². The zero-order chi connectivity index (χ0) is 12.3. The van der Waals surface area contributed by atoms with Gasteiger partial charge in [-0.15, -0.1) is 0 Å². The third-order valence-electron chi connectivity index (χ3n) is 2.47. The summed E-state index contributed by atoms with van der Waals surface area (Å²) in [4.78, 5) is 12.7. The molecule has 0 spiro atoms. The van der Waals surface area contributed by atoms with E-state index in [1.54, 1.807) is 18.2 Å². The number of nitro benzene ring substituents is 1. The summed E-state index contributed by atoms with van der Waals surface area (Å²) in [6.07, 6.45) is 0. The number of nitrogens with zero attached hydrogens (tertiary/aromatic N) is 2. The van der Waals surface area contributed by atoms with Crippen LogP contribution in [-0.2, 0) is 0 Å². The Morgan fingerprint density at radius 2 is 1.59 bits per heavy atom. The number of hydrogen-bond acceptors (Lipinski definition) is 3. The molecule has 1 aromatic carbocycles. The summed E-state index contributed by atoms with van der Waals surface area (Å²) < 4.78 is 0. The Balaban J connectivity index is 0.00000256. The van der Waals surface area contributed by atoms with Crippen molar-refractivity contribution in [3.05, 3.63) is 34.4 Å². The van der Waals surface area contributed by atoms with E-state index in [9.17, 15) is 10.1 Å². The Morgan fingerprint density at radius 3 is 2.00 bits per heavy atom. The molecule has 0 aliphatic heterocycles. The van der Waals surface area contributed by atoms with Crippen molar-refractivity contribution in [1.29, 1.82) is 0 Å². The lowest BCUT2D eigenvalue weighted by Gasteiger charge is -2.32. The largest absolute Gasteiger partial charge is 0.361 e. The molecule has 0 N–H and O–H groups in total. The average molecular weight is 238 g/mol. The van der Waals surface area contributed by atoms with Crippen LogP contribution < -0.4 is 4.90 Å². The molecule has 0 fully saturated rings. The fourth-order valence-electron chi connectivity index (χ4n) is 1.99. The highest BCUT2D eigenvalue weighted by molar-refractivity contribution is 5.63. The minimum absolute atomic E-state index is 0. The van der Waals surface area contributed by atoms with Crippen LogP contribution in [-0.4, -0.2) is 17.0 Å². The first-order valence-electron chi connectivity index (χ1n) is 5.47. The molecule has 0 saturated carbocycles. The minimum atomic E-state index is -0.326. The molecule has 4 nitrogen and oxygen atoms in total. The SMILES string of the molecule is C.CC(C)N(c1ccccc1[N+](=O)[O-])C(C)C. The predicted octanol–water partition coefficient (Wildman–Crippen LogP) is 3.85. The monoisotopic (exact) mass is 238 g/mol. The van der Waals surface area contributed by atoms with E-state index in [1.165, 1.54) is 0 Å². The van der Waals surface area contributed by atoms with Crippen LogP contribution in [0.3, 0.4) is 0 Å². The Hall–Kier alpha value is -1.58. The van der Waals surface area contributed by atoms with E-state index in [-0.39, 0.29) is 30.1 Å². The van der Waals surface area contributed by atoms with Crippen LogP contribution in [0.5, 0.6) is 0 Å². The average Bonchev–Trinajstić information content (AvgIpc) is 2.17.